The van der Waals surface area contributed by atoms with Gasteiger partial charge in [-0.05, 0) is 36.4 Å². The molecular weight excluding hydrogens is 387 g/mol. The Bertz CT molecular complexity index is 1090. The number of sulfonamides is 1. The summed E-state index contributed by atoms with van der Waals surface area (Å²) >= 11 is 6.10. The number of hydrogen-bond donors (Lipinski definition) is 2. The van der Waals surface area contributed by atoms with Gasteiger partial charge in [-0.25, -0.2) is 17.9 Å². The number of primary sulfonamides is 1. The zero-order valence-electron chi connectivity index (χ0n) is 14.5. The molecule has 0 bridgehead atoms. The molecule has 0 spiro atoms. The first-order valence-corrected chi connectivity index (χ1v) is 10.1. The minimum absolute atomic E-state index is 0.138. The van der Waals surface area contributed by atoms with Crippen molar-refractivity contribution in [1.29, 1.82) is 0 Å². The molecule has 0 unspecified atom stereocenters. The normalized spacial score (nSPS) is 11.6. The van der Waals surface area contributed by atoms with E-state index in [1.807, 2.05) is 30.3 Å². The molecule has 0 radical (unpaired) electrons. The minimum atomic E-state index is -4.08. The molecule has 27 heavy (non-hydrogen) atoms. The van der Waals surface area contributed by atoms with Gasteiger partial charge < -0.3 is 5.32 Å². The molecule has 3 rings (SSSR count). The Morgan fingerprint density at radius 3 is 2.37 bits per heavy atom. The smallest absolute Gasteiger partial charge is 0.238 e. The summed E-state index contributed by atoms with van der Waals surface area (Å²) in [6, 6.07) is 16.8. The van der Waals surface area contributed by atoms with Crippen molar-refractivity contribution in [2.45, 2.75) is 11.4 Å². The van der Waals surface area contributed by atoms with Crippen molar-refractivity contribution in [3.8, 4) is 22.3 Å². The summed E-state index contributed by atoms with van der Waals surface area (Å²) in [5.41, 5.74) is 2.01. The van der Waals surface area contributed by atoms with E-state index in [4.69, 9.17) is 16.7 Å². The van der Waals surface area contributed by atoms with Crippen LogP contribution >= 0.6 is 11.6 Å². The fourth-order valence-corrected chi connectivity index (χ4v) is 3.91. The quantitative estimate of drug-likeness (QED) is 0.670. The molecule has 0 saturated heterocycles. The van der Waals surface area contributed by atoms with Crippen LogP contribution in [0, 0.1) is 5.82 Å². The molecule has 0 heterocycles. The molecule has 0 atom stereocenters. The summed E-state index contributed by atoms with van der Waals surface area (Å²) in [7, 11) is -2.37. The number of hydrogen-bond acceptors (Lipinski definition) is 3. The lowest BCUT2D eigenvalue weighted by Gasteiger charge is -2.17. The van der Waals surface area contributed by atoms with Crippen LogP contribution in [0.3, 0.4) is 0 Å². The van der Waals surface area contributed by atoms with Gasteiger partial charge in [0.2, 0.25) is 10.0 Å². The van der Waals surface area contributed by atoms with E-state index >= 15 is 4.39 Å². The number of benzene rings is 3. The van der Waals surface area contributed by atoms with E-state index in [0.717, 1.165) is 5.56 Å². The van der Waals surface area contributed by atoms with Crippen LogP contribution < -0.4 is 10.5 Å². The van der Waals surface area contributed by atoms with E-state index in [2.05, 4.69) is 5.32 Å². The van der Waals surface area contributed by atoms with Gasteiger partial charge in [-0.3, -0.25) is 0 Å². The van der Waals surface area contributed by atoms with Crippen molar-refractivity contribution in [2.24, 2.45) is 5.14 Å². The zero-order chi connectivity index (χ0) is 19.6. The highest BCUT2D eigenvalue weighted by molar-refractivity contribution is 7.89. The molecule has 0 aliphatic heterocycles. The Labute approximate surface area is 162 Å². The molecule has 0 aliphatic rings. The maximum atomic E-state index is 15.5. The third-order valence-corrected chi connectivity index (χ3v) is 5.40. The van der Waals surface area contributed by atoms with Crippen LogP contribution in [0.2, 0.25) is 5.02 Å². The van der Waals surface area contributed by atoms with Crippen molar-refractivity contribution in [3.63, 3.8) is 0 Å². The molecule has 7 heteroatoms. The van der Waals surface area contributed by atoms with Crippen LogP contribution in [0.25, 0.3) is 22.3 Å². The first kappa shape index (κ1) is 19.5. The highest BCUT2D eigenvalue weighted by Crippen LogP contribution is 2.39. The van der Waals surface area contributed by atoms with Crippen LogP contribution in [0.1, 0.15) is 5.56 Å². The summed E-state index contributed by atoms with van der Waals surface area (Å²) < 4.78 is 39.7. The maximum Gasteiger partial charge on any atom is 0.238 e. The second-order valence-corrected chi connectivity index (χ2v) is 8.01. The standard InChI is InChI=1S/C20H18ClFN2O2S/c1-24-12-14-7-9-16(13-5-3-2-4-6-13)19(20(14)22)17-11-15(21)8-10-18(17)27(23,25)26/h2-11,24H,12H2,1H3,(H2,23,25,26). The van der Waals surface area contributed by atoms with Crippen molar-refractivity contribution in [1.82, 2.24) is 5.32 Å². The number of halogens is 2. The predicted molar refractivity (Wildman–Crippen MR) is 106 cm³/mol. The van der Waals surface area contributed by atoms with E-state index in [1.54, 1.807) is 19.2 Å². The molecule has 0 fully saturated rings. The van der Waals surface area contributed by atoms with Gasteiger partial charge >= 0.3 is 0 Å². The summed E-state index contributed by atoms with van der Waals surface area (Å²) in [5.74, 6) is -0.516. The van der Waals surface area contributed by atoms with Gasteiger partial charge in [0.1, 0.15) is 5.82 Å². The molecule has 0 aromatic heterocycles. The summed E-state index contributed by atoms with van der Waals surface area (Å²) in [5, 5.41) is 8.57. The third kappa shape index (κ3) is 4.04. The van der Waals surface area contributed by atoms with Gasteiger partial charge in [-0.2, -0.15) is 0 Å². The minimum Gasteiger partial charge on any atom is -0.316 e. The maximum absolute atomic E-state index is 15.5. The van der Waals surface area contributed by atoms with Crippen LogP contribution in [0.4, 0.5) is 4.39 Å². The highest BCUT2D eigenvalue weighted by atomic mass is 35.5. The van der Waals surface area contributed by atoms with Gasteiger partial charge in [-0.1, -0.05) is 54.1 Å². The number of nitrogens with one attached hydrogen (secondary N) is 1. The van der Waals surface area contributed by atoms with E-state index in [9.17, 15) is 8.42 Å². The number of nitrogens with two attached hydrogens (primary N) is 1. The van der Waals surface area contributed by atoms with Crippen molar-refractivity contribution in [3.05, 3.63) is 77.1 Å². The topological polar surface area (TPSA) is 72.2 Å². The summed E-state index contributed by atoms with van der Waals surface area (Å²) in [6.07, 6.45) is 0. The molecule has 3 aromatic rings. The SMILES string of the molecule is CNCc1ccc(-c2ccccc2)c(-c2cc(Cl)ccc2S(N)(=O)=O)c1F. The van der Waals surface area contributed by atoms with Crippen molar-refractivity contribution >= 4 is 21.6 Å². The predicted octanol–water partition coefficient (Wildman–Crippen LogP) is 4.18. The largest absolute Gasteiger partial charge is 0.316 e. The summed E-state index contributed by atoms with van der Waals surface area (Å²) in [6.45, 7) is 0.291. The second kappa shape index (κ2) is 7.78. The van der Waals surface area contributed by atoms with Crippen LogP contribution in [-0.2, 0) is 16.6 Å². The van der Waals surface area contributed by atoms with Gasteiger partial charge in [0, 0.05) is 28.3 Å². The second-order valence-electron chi connectivity index (χ2n) is 6.04. The van der Waals surface area contributed by atoms with Crippen molar-refractivity contribution in [2.75, 3.05) is 7.05 Å². The molecule has 140 valence electrons. The van der Waals surface area contributed by atoms with E-state index in [1.165, 1.54) is 18.2 Å². The molecule has 0 saturated carbocycles. The third-order valence-electron chi connectivity index (χ3n) is 4.19. The van der Waals surface area contributed by atoms with Gasteiger partial charge in [0.05, 0.1) is 4.90 Å². The van der Waals surface area contributed by atoms with Crippen LogP contribution in [0.15, 0.2) is 65.6 Å². The Balaban J connectivity index is 2.41. The average Bonchev–Trinajstić information content (AvgIpc) is 2.63. The lowest BCUT2D eigenvalue weighted by Crippen LogP contribution is -2.14. The van der Waals surface area contributed by atoms with E-state index in [-0.39, 0.29) is 21.0 Å². The highest BCUT2D eigenvalue weighted by Gasteiger charge is 2.23. The van der Waals surface area contributed by atoms with E-state index < -0.39 is 15.8 Å². The molecule has 0 amide bonds. The van der Waals surface area contributed by atoms with Crippen molar-refractivity contribution < 1.29 is 12.8 Å². The summed E-state index contributed by atoms with van der Waals surface area (Å²) in [4.78, 5) is -0.176. The fraction of sp³-hybridized carbons (Fsp3) is 0.100. The fourth-order valence-electron chi connectivity index (χ4n) is 3.01. The Hall–Kier alpha value is -2.25. The van der Waals surface area contributed by atoms with E-state index in [0.29, 0.717) is 17.7 Å². The first-order valence-electron chi connectivity index (χ1n) is 8.17. The van der Waals surface area contributed by atoms with Gasteiger partial charge in [-0.15, -0.1) is 0 Å². The Kier molecular flexibility index (Phi) is 5.62. The van der Waals surface area contributed by atoms with Crippen LogP contribution in [0.5, 0.6) is 0 Å². The van der Waals surface area contributed by atoms with Gasteiger partial charge in [0.25, 0.3) is 0 Å². The monoisotopic (exact) mass is 404 g/mol. The zero-order valence-corrected chi connectivity index (χ0v) is 16.1. The Morgan fingerprint density at radius 1 is 1.04 bits per heavy atom. The number of rotatable bonds is 5. The van der Waals surface area contributed by atoms with Gasteiger partial charge in [0.15, 0.2) is 0 Å². The molecular formula is C20H18ClFN2O2S. The molecule has 0 aliphatic carbocycles. The molecule has 4 nitrogen and oxygen atoms in total. The lowest BCUT2D eigenvalue weighted by molar-refractivity contribution is 0.597. The molecule has 3 N–H and O–H groups in total. The Morgan fingerprint density at radius 2 is 1.74 bits per heavy atom. The lowest BCUT2D eigenvalue weighted by atomic mass is 9.92. The first-order chi connectivity index (χ1) is 12.8. The van der Waals surface area contributed by atoms with Crippen LogP contribution in [-0.4, -0.2) is 15.5 Å². The molecule has 3 aromatic carbocycles. The average molecular weight is 405 g/mol.